The molecule has 4 heterocycles. The first-order valence-electron chi connectivity index (χ1n) is 47.7. The number of carbonyl (C=O) groups excluding carboxylic acids is 9. The predicted molar refractivity (Wildman–Crippen MR) is 542 cm³/mol. The number of carboxylic acid groups (broad SMARTS) is 1. The van der Waals surface area contributed by atoms with Crippen molar-refractivity contribution in [2.75, 3.05) is 26.3 Å². The summed E-state index contributed by atoms with van der Waals surface area (Å²) in [4.78, 5) is 142. The third-order valence-electron chi connectivity index (χ3n) is 22.7. The van der Waals surface area contributed by atoms with Crippen LogP contribution in [-0.4, -0.2) is 165 Å². The van der Waals surface area contributed by atoms with Crippen LogP contribution in [0.25, 0.3) is 0 Å². The molecule has 1 saturated heterocycles. The monoisotopic (exact) mass is 1950 g/mol. The van der Waals surface area contributed by atoms with E-state index in [1.807, 2.05) is 175 Å². The van der Waals surface area contributed by atoms with Crippen molar-refractivity contribution in [1.82, 2.24) is 51.8 Å². The maximum absolute atomic E-state index is 13.8. The Kier molecular flexibility index (Phi) is 49.9. The molecule has 31 heteroatoms. The first-order chi connectivity index (χ1) is 65.9. The number of aliphatic carboxylic acids is 1. The number of hydrogen-bond acceptors (Lipinski definition) is 23. The van der Waals surface area contributed by atoms with Crippen LogP contribution < -0.4 is 37.6 Å². The summed E-state index contributed by atoms with van der Waals surface area (Å²) in [5.41, 5.74) is 16.9. The van der Waals surface area contributed by atoms with Gasteiger partial charge in [-0.25, -0.2) is 33.6 Å². The van der Waals surface area contributed by atoms with E-state index in [9.17, 15) is 47.9 Å². The summed E-state index contributed by atoms with van der Waals surface area (Å²) in [5.74, 6) is -1.02. The van der Waals surface area contributed by atoms with Crippen LogP contribution in [0.2, 0.25) is 0 Å². The van der Waals surface area contributed by atoms with Crippen LogP contribution in [0.15, 0.2) is 217 Å². The van der Waals surface area contributed by atoms with Crippen LogP contribution in [0, 0.1) is 41.4 Å². The number of carbonyl (C=O) groups is 10. The van der Waals surface area contributed by atoms with E-state index >= 15 is 0 Å². The number of amides is 7. The molecule has 9 aromatic rings. The second-order valence-corrected chi connectivity index (χ2v) is 41.2. The van der Waals surface area contributed by atoms with Crippen LogP contribution in [0.4, 0.5) is 28.8 Å². The third kappa shape index (κ3) is 46.6. The molecule has 1 aliphatic heterocycles. The van der Waals surface area contributed by atoms with Crippen molar-refractivity contribution in [1.29, 1.82) is 0 Å². The highest BCUT2D eigenvalue weighted by atomic mass is 32.1. The number of carboxylic acids is 1. The zero-order valence-corrected chi connectivity index (χ0v) is 84.9. The van der Waals surface area contributed by atoms with Crippen LogP contribution in [-0.2, 0) is 106 Å². The largest absolute Gasteiger partial charge is 0.480 e. The summed E-state index contributed by atoms with van der Waals surface area (Å²) in [6.07, 6.45) is 11.9. The van der Waals surface area contributed by atoms with E-state index in [1.165, 1.54) is 39.6 Å². The summed E-state index contributed by atoms with van der Waals surface area (Å²) >= 11 is 4.33. The van der Waals surface area contributed by atoms with Crippen LogP contribution in [0.5, 0.6) is 0 Å². The van der Waals surface area contributed by atoms with Gasteiger partial charge in [-0.1, -0.05) is 237 Å². The molecule has 1 aliphatic rings. The molecule has 748 valence electrons. The van der Waals surface area contributed by atoms with Gasteiger partial charge in [-0.05, 0) is 193 Å². The number of rotatable bonds is 47. The molecular weight excluding hydrogens is 1810 g/mol. The number of nitrogens with two attached hydrogens (primary N) is 1. The van der Waals surface area contributed by atoms with Gasteiger partial charge >= 0.3 is 42.5 Å². The van der Waals surface area contributed by atoms with Crippen LogP contribution in [0.1, 0.15) is 203 Å². The number of alkyl carbamates (subject to hydrolysis) is 5. The smallest absolute Gasteiger partial charge is 0.408 e. The Balaban J connectivity index is 0.000000263. The average Bonchev–Trinajstić information content (AvgIpc) is 0.971. The van der Waals surface area contributed by atoms with Crippen LogP contribution >= 0.6 is 34.0 Å². The summed E-state index contributed by atoms with van der Waals surface area (Å²) in [7, 11) is 0. The highest BCUT2D eigenvalue weighted by Crippen LogP contribution is 2.29. The Labute approximate surface area is 827 Å². The molecule has 0 spiro atoms. The molecule has 0 aliphatic carbocycles. The Bertz CT molecular complexity index is 4990. The van der Waals surface area contributed by atoms with E-state index in [2.05, 4.69) is 95.4 Å². The number of ether oxygens (including phenoxy) is 6. The topological polar surface area (TPSA) is 386 Å². The summed E-state index contributed by atoms with van der Waals surface area (Å²) < 4.78 is 32.1. The second kappa shape index (κ2) is 60.8. The fraction of sp³-hybridized carbons (Fsp3) is 0.486. The zero-order chi connectivity index (χ0) is 100. The van der Waals surface area contributed by atoms with Gasteiger partial charge in [-0.15, -0.1) is 34.0 Å². The van der Waals surface area contributed by atoms with Gasteiger partial charge in [0.15, 0.2) is 11.6 Å². The first kappa shape index (κ1) is 113. The number of nitrogens with zero attached hydrogens (tertiary/aromatic N) is 4. The normalized spacial score (nSPS) is 14.1. The molecule has 138 heavy (non-hydrogen) atoms. The Hall–Kier alpha value is -11.8. The average molecular weight is 1950 g/mol. The SMILES string of the molecule is CC(C)[C@H](N)C(=O)C[C@H](CC[C@H](Cc1ccccc1)NC(=O)OCc1cncs1)Cc1ccccc1.CC(C)[C@H](NC(=O)N1CCOCC1)C(=O)C[C@H](CC[C@H](Cc1ccccc1)NC(=O)OCc1cncs1)Cc1ccccc1.CC(C)[C@H](NC(=O)OC(C)(C)C)C(=O)C[C@H](CC[C@H](Cc1ccccc1)NC(=O)OCc1cncs1)Cc1ccccc1.CC(C)[C@H](NC(=O)OC(C)(C)C)C(=O)O. The van der Waals surface area contributed by atoms with E-state index in [0.29, 0.717) is 90.5 Å². The molecule has 0 radical (unpaired) electrons. The van der Waals surface area contributed by atoms with E-state index in [4.69, 9.17) is 39.3 Å². The molecule has 6 aromatic carbocycles. The third-order valence-corrected chi connectivity index (χ3v) is 25.0. The number of Topliss-reactive ketones (excluding diaryl/α,β-unsaturated/α-hetero) is 3. The standard InChI is InChI=1S/C34H44N4O5S.C34H45N3O5S.C29H37N3O3S.C10H19NO4/c1-25(2)32(37-33(40)38-15-17-42-18-16-38)31(39)21-28(19-26-9-5-3-6-10-26)13-14-29(20-27-11-7-4-8-12-27)36-34(41)43-23-30-22-35-24-44-30;1-24(2)31(37-33(40)42-34(3,4)5)30(38)20-27(18-25-12-8-6-9-13-25)16-17-28(19-26-14-10-7-11-15-26)36-32(39)41-22-29-21-35-23-43-29;1-21(2)28(30)27(33)17-24(15-22-9-5-3-6-10-22)13-14-25(16-23-11-7-4-8-12-23)32-29(34)35-19-26-18-31-20-36-26;1-6(2)7(8(12)13)11-9(14)15-10(3,4)5/h3-12,22,24-25,28-29,32H,13-21,23H2,1-2H3,(H,36,41)(H,37,40);6-15,21,23-24,27-28,31H,16-20,22H2,1-5H3,(H,36,39)(H,37,40);3-12,18,20-21,24-25,28H,13-17,19,30H2,1-2H3,(H,32,34);6-7H,1-5H3,(H,11,14)(H,12,13)/t28-,29-,32+;27-,28-,31+;24-,25-,28+;7-/m1110/s1. The van der Waals surface area contributed by atoms with Crippen molar-refractivity contribution < 1.29 is 81.5 Å². The van der Waals surface area contributed by atoms with E-state index < -0.39 is 71.8 Å². The van der Waals surface area contributed by atoms with Gasteiger partial charge in [0.05, 0.1) is 62.5 Å². The number of benzene rings is 6. The molecular formula is C107H145N11O17S3. The van der Waals surface area contributed by atoms with Crippen molar-refractivity contribution in [3.63, 3.8) is 0 Å². The van der Waals surface area contributed by atoms with Gasteiger partial charge in [0.25, 0.3) is 0 Å². The van der Waals surface area contributed by atoms with Crippen molar-refractivity contribution in [2.45, 2.75) is 267 Å². The minimum absolute atomic E-state index is 0.00451. The Morgan fingerprint density at radius 2 is 0.645 bits per heavy atom. The lowest BCUT2D eigenvalue weighted by Gasteiger charge is -2.31. The summed E-state index contributed by atoms with van der Waals surface area (Å²) in [5, 5.41) is 26.1. The lowest BCUT2D eigenvalue weighted by atomic mass is 9.85. The van der Waals surface area contributed by atoms with Crippen molar-refractivity contribution in [3.8, 4) is 0 Å². The number of nitrogens with one attached hydrogen (secondary N) is 6. The molecule has 28 nitrogen and oxygen atoms in total. The highest BCUT2D eigenvalue weighted by Gasteiger charge is 2.34. The summed E-state index contributed by atoms with van der Waals surface area (Å²) in [6, 6.07) is 57.3. The van der Waals surface area contributed by atoms with Gasteiger partial charge in [-0.3, -0.25) is 29.3 Å². The van der Waals surface area contributed by atoms with E-state index in [1.54, 1.807) is 95.4 Å². The number of morpholine rings is 1. The van der Waals surface area contributed by atoms with Crippen molar-refractivity contribution >= 4 is 93.8 Å². The lowest BCUT2D eigenvalue weighted by molar-refractivity contribution is -0.140. The molecule has 10 atom stereocenters. The van der Waals surface area contributed by atoms with E-state index in [0.717, 1.165) is 74.6 Å². The molecule has 0 bridgehead atoms. The number of thiazole rings is 3. The van der Waals surface area contributed by atoms with Gasteiger partial charge in [-0.2, -0.15) is 0 Å². The van der Waals surface area contributed by atoms with Crippen molar-refractivity contribution in [3.05, 3.63) is 265 Å². The number of hydrogen-bond donors (Lipinski definition) is 8. The van der Waals surface area contributed by atoms with Crippen LogP contribution in [0.3, 0.4) is 0 Å². The minimum Gasteiger partial charge on any atom is -0.480 e. The molecule has 9 N–H and O–H groups in total. The fourth-order valence-corrected chi connectivity index (χ4v) is 17.1. The number of urea groups is 1. The lowest BCUT2D eigenvalue weighted by Crippen LogP contribution is -2.53. The van der Waals surface area contributed by atoms with Gasteiger partial charge in [0.2, 0.25) is 0 Å². The first-order valence-corrected chi connectivity index (χ1v) is 50.4. The molecule has 3 aromatic heterocycles. The molecule has 7 amide bonds. The van der Waals surface area contributed by atoms with Crippen molar-refractivity contribution in [2.24, 2.45) is 47.2 Å². The second-order valence-electron chi connectivity index (χ2n) is 38.2. The molecule has 1 fully saturated rings. The van der Waals surface area contributed by atoms with Gasteiger partial charge in [0, 0.05) is 69.1 Å². The minimum atomic E-state index is -1.06. The van der Waals surface area contributed by atoms with Gasteiger partial charge < -0.3 is 76.1 Å². The van der Waals surface area contributed by atoms with E-state index in [-0.39, 0.29) is 103 Å². The molecule has 0 unspecified atom stereocenters. The quantitative estimate of drug-likeness (QED) is 0.0164. The number of ketones is 3. The molecule has 0 saturated carbocycles. The Morgan fingerprint density at radius 3 is 0.906 bits per heavy atom. The number of aromatic nitrogens is 3. The predicted octanol–water partition coefficient (Wildman–Crippen LogP) is 20.0. The summed E-state index contributed by atoms with van der Waals surface area (Å²) in [6.45, 7) is 28.3. The Morgan fingerprint density at radius 1 is 0.370 bits per heavy atom. The van der Waals surface area contributed by atoms with Gasteiger partial charge in [0.1, 0.15) is 42.8 Å². The zero-order valence-electron chi connectivity index (χ0n) is 82.5. The highest BCUT2D eigenvalue weighted by molar-refractivity contribution is 7.10. The maximum Gasteiger partial charge on any atom is 0.408 e. The fourth-order valence-electron chi connectivity index (χ4n) is 15.6. The molecule has 10 rings (SSSR count). The maximum atomic E-state index is 13.8.